The number of aromatic amines is 1. The molecule has 1 aromatic heterocycles. The van der Waals surface area contributed by atoms with Gasteiger partial charge in [-0.05, 0) is 12.1 Å². The third kappa shape index (κ3) is 3.08. The van der Waals surface area contributed by atoms with E-state index < -0.39 is 5.56 Å². The number of carbonyl (C=O) groups is 1. The average molecular weight is 245 g/mol. The number of carbonyl (C=O) groups excluding carboxylic acids is 1. The van der Waals surface area contributed by atoms with Gasteiger partial charge in [-0.15, -0.1) is 0 Å². The van der Waals surface area contributed by atoms with Crippen LogP contribution in [-0.4, -0.2) is 29.8 Å². The van der Waals surface area contributed by atoms with Crippen molar-refractivity contribution in [2.75, 3.05) is 14.1 Å². The number of rotatable bonds is 4. The van der Waals surface area contributed by atoms with Crippen molar-refractivity contribution in [3.8, 4) is 6.07 Å². The molecule has 0 atom stereocenters. The smallest absolute Gasteiger partial charge is 0.266 e. The predicted molar refractivity (Wildman–Crippen MR) is 69.1 cm³/mol. The summed E-state index contributed by atoms with van der Waals surface area (Å²) in [4.78, 5) is 27.7. The van der Waals surface area contributed by atoms with Crippen LogP contribution >= 0.6 is 0 Å². The first-order valence-corrected chi connectivity index (χ1v) is 5.54. The molecule has 0 aliphatic heterocycles. The minimum absolute atomic E-state index is 0.0474. The van der Waals surface area contributed by atoms with E-state index in [4.69, 9.17) is 5.26 Å². The molecule has 0 aromatic carbocycles. The summed E-state index contributed by atoms with van der Waals surface area (Å²) in [6.45, 7) is 1.74. The molecule has 0 spiro atoms. The van der Waals surface area contributed by atoms with E-state index in [2.05, 4.69) is 4.98 Å². The monoisotopic (exact) mass is 245 g/mol. The van der Waals surface area contributed by atoms with Crippen LogP contribution in [0.3, 0.4) is 0 Å². The summed E-state index contributed by atoms with van der Waals surface area (Å²) in [5.41, 5.74) is 0.267. The summed E-state index contributed by atoms with van der Waals surface area (Å²) in [5.74, 6) is -0.110. The maximum absolute atomic E-state index is 11.8. The molecule has 5 nitrogen and oxygen atoms in total. The highest BCUT2D eigenvalue weighted by Gasteiger charge is 2.12. The Morgan fingerprint density at radius 2 is 2.22 bits per heavy atom. The molecule has 0 aliphatic carbocycles. The highest BCUT2D eigenvalue weighted by Crippen LogP contribution is 2.11. The maximum atomic E-state index is 11.8. The Bertz CT molecular complexity index is 577. The van der Waals surface area contributed by atoms with Gasteiger partial charge in [-0.25, -0.2) is 0 Å². The Hall–Kier alpha value is -2.35. The van der Waals surface area contributed by atoms with Gasteiger partial charge in [0, 0.05) is 32.3 Å². The van der Waals surface area contributed by atoms with Gasteiger partial charge in [0.15, 0.2) is 5.78 Å². The van der Waals surface area contributed by atoms with Crippen LogP contribution < -0.4 is 5.56 Å². The molecular weight excluding hydrogens is 230 g/mol. The van der Waals surface area contributed by atoms with Gasteiger partial charge in [-0.2, -0.15) is 5.26 Å². The summed E-state index contributed by atoms with van der Waals surface area (Å²) in [6.07, 6.45) is 3.69. The van der Waals surface area contributed by atoms with Crippen molar-refractivity contribution in [3.63, 3.8) is 0 Å². The molecule has 0 unspecified atom stereocenters. The predicted octanol–water partition coefficient (Wildman–Crippen LogP) is 1.37. The minimum atomic E-state index is -0.483. The van der Waals surface area contributed by atoms with E-state index in [0.717, 1.165) is 0 Å². The zero-order valence-corrected chi connectivity index (χ0v) is 10.7. The van der Waals surface area contributed by atoms with Gasteiger partial charge in [-0.3, -0.25) is 9.59 Å². The lowest BCUT2D eigenvalue weighted by Crippen LogP contribution is -2.16. The van der Waals surface area contributed by atoms with Crippen molar-refractivity contribution in [1.29, 1.82) is 5.26 Å². The SMILES string of the molecule is CCC(=O)c1cc(C#N)c(=O)[nH]c1C=CN(C)C. The molecular formula is C13H15N3O2. The van der Waals surface area contributed by atoms with Gasteiger partial charge >= 0.3 is 0 Å². The number of H-pyrrole nitrogens is 1. The van der Waals surface area contributed by atoms with Crippen molar-refractivity contribution >= 4 is 11.9 Å². The van der Waals surface area contributed by atoms with Crippen LogP contribution in [0.15, 0.2) is 17.1 Å². The number of hydrogen-bond donors (Lipinski definition) is 1. The van der Waals surface area contributed by atoms with E-state index in [1.165, 1.54) is 6.07 Å². The number of aromatic nitrogens is 1. The van der Waals surface area contributed by atoms with Gasteiger partial charge in [-0.1, -0.05) is 6.92 Å². The highest BCUT2D eigenvalue weighted by molar-refractivity contribution is 5.98. The van der Waals surface area contributed by atoms with E-state index in [9.17, 15) is 9.59 Å². The molecule has 0 saturated carbocycles. The lowest BCUT2D eigenvalue weighted by Gasteiger charge is -2.07. The Morgan fingerprint density at radius 3 is 2.72 bits per heavy atom. The summed E-state index contributed by atoms with van der Waals surface area (Å²) in [5, 5.41) is 8.80. The molecule has 18 heavy (non-hydrogen) atoms. The van der Waals surface area contributed by atoms with E-state index in [1.54, 1.807) is 30.2 Å². The number of Topliss-reactive ketones (excluding diaryl/α,β-unsaturated/α-hetero) is 1. The number of nitrogens with zero attached hydrogens (tertiary/aromatic N) is 2. The molecule has 0 bridgehead atoms. The second kappa shape index (κ2) is 5.82. The summed E-state index contributed by atoms with van der Waals surface area (Å²) in [6, 6.07) is 3.12. The Morgan fingerprint density at radius 1 is 1.56 bits per heavy atom. The zero-order chi connectivity index (χ0) is 13.7. The third-order valence-corrected chi connectivity index (χ3v) is 2.35. The Kier molecular flexibility index (Phi) is 4.44. The lowest BCUT2D eigenvalue weighted by atomic mass is 10.0. The van der Waals surface area contributed by atoms with E-state index in [1.807, 2.05) is 14.1 Å². The van der Waals surface area contributed by atoms with E-state index in [0.29, 0.717) is 17.7 Å². The summed E-state index contributed by atoms with van der Waals surface area (Å²) >= 11 is 0. The fraction of sp³-hybridized carbons (Fsp3) is 0.308. The number of nitriles is 1. The van der Waals surface area contributed by atoms with Crippen LogP contribution in [0.1, 0.15) is 35.0 Å². The third-order valence-electron chi connectivity index (χ3n) is 2.35. The van der Waals surface area contributed by atoms with Crippen LogP contribution in [0.2, 0.25) is 0 Å². The zero-order valence-electron chi connectivity index (χ0n) is 10.7. The van der Waals surface area contributed by atoms with Crippen molar-refractivity contribution in [3.05, 3.63) is 39.4 Å². The van der Waals surface area contributed by atoms with Crippen LogP contribution in [0, 0.1) is 11.3 Å². The van der Waals surface area contributed by atoms with Crippen molar-refractivity contribution in [2.45, 2.75) is 13.3 Å². The van der Waals surface area contributed by atoms with Crippen molar-refractivity contribution < 1.29 is 4.79 Å². The quantitative estimate of drug-likeness (QED) is 0.813. The number of ketones is 1. The van der Waals surface area contributed by atoms with E-state index >= 15 is 0 Å². The lowest BCUT2D eigenvalue weighted by molar-refractivity contribution is 0.0987. The maximum Gasteiger partial charge on any atom is 0.266 e. The number of pyridine rings is 1. The Balaban J connectivity index is 3.40. The van der Waals surface area contributed by atoms with Gasteiger partial charge in [0.1, 0.15) is 11.6 Å². The Labute approximate surface area is 105 Å². The first kappa shape index (κ1) is 13.7. The van der Waals surface area contributed by atoms with Gasteiger partial charge in [0.05, 0.1) is 5.69 Å². The number of hydrogen-bond acceptors (Lipinski definition) is 4. The standard InChI is InChI=1S/C13H15N3O2/c1-4-12(17)10-7-9(8-14)13(18)15-11(10)5-6-16(2)3/h5-7H,4H2,1-3H3,(H,15,18). The van der Waals surface area contributed by atoms with Gasteiger partial charge < -0.3 is 9.88 Å². The molecule has 0 saturated heterocycles. The molecule has 0 radical (unpaired) electrons. The largest absolute Gasteiger partial charge is 0.383 e. The highest BCUT2D eigenvalue weighted by atomic mass is 16.1. The fourth-order valence-electron chi connectivity index (χ4n) is 1.40. The normalized spacial score (nSPS) is 10.3. The molecule has 5 heteroatoms. The summed E-state index contributed by atoms with van der Waals surface area (Å²) in [7, 11) is 3.67. The van der Waals surface area contributed by atoms with Crippen LogP contribution in [-0.2, 0) is 0 Å². The topological polar surface area (TPSA) is 77.0 Å². The minimum Gasteiger partial charge on any atom is -0.383 e. The second-order valence-electron chi connectivity index (χ2n) is 4.01. The van der Waals surface area contributed by atoms with Crippen LogP contribution in [0.5, 0.6) is 0 Å². The molecule has 0 fully saturated rings. The van der Waals surface area contributed by atoms with Crippen LogP contribution in [0.4, 0.5) is 0 Å². The molecule has 0 aliphatic rings. The van der Waals surface area contributed by atoms with Gasteiger partial charge in [0.2, 0.25) is 0 Å². The van der Waals surface area contributed by atoms with Crippen molar-refractivity contribution in [2.24, 2.45) is 0 Å². The molecule has 1 N–H and O–H groups in total. The molecule has 1 heterocycles. The molecule has 1 aromatic rings. The first-order valence-electron chi connectivity index (χ1n) is 5.54. The van der Waals surface area contributed by atoms with Crippen LogP contribution in [0.25, 0.3) is 6.08 Å². The first-order chi connectivity index (χ1) is 8.49. The molecule has 0 amide bonds. The van der Waals surface area contributed by atoms with E-state index in [-0.39, 0.29) is 11.3 Å². The molecule has 1 rings (SSSR count). The average Bonchev–Trinajstić information content (AvgIpc) is 2.35. The number of nitrogens with one attached hydrogen (secondary N) is 1. The van der Waals surface area contributed by atoms with Crippen molar-refractivity contribution in [1.82, 2.24) is 9.88 Å². The van der Waals surface area contributed by atoms with Gasteiger partial charge in [0.25, 0.3) is 5.56 Å². The molecule has 94 valence electrons. The summed E-state index contributed by atoms with van der Waals surface area (Å²) < 4.78 is 0. The fourth-order valence-corrected chi connectivity index (χ4v) is 1.40. The second-order valence-corrected chi connectivity index (χ2v) is 4.01.